The molecule has 0 aliphatic rings. The van der Waals surface area contributed by atoms with Crippen LogP contribution < -0.4 is 9.46 Å². The molecule has 1 aromatic carbocycles. The molecular weight excluding hydrogens is 285 g/mol. The number of nitrogens with zero attached hydrogens (tertiary/aromatic N) is 2. The van der Waals surface area contributed by atoms with E-state index in [1.165, 1.54) is 30.0 Å². The highest BCUT2D eigenvalue weighted by molar-refractivity contribution is 7.92. The fourth-order valence-electron chi connectivity index (χ4n) is 1.84. The number of aryl methyl sites for hydroxylation is 2. The van der Waals surface area contributed by atoms with E-state index in [-0.39, 0.29) is 11.6 Å². The fraction of sp³-hybridized carbons (Fsp3) is 0.250. The molecule has 1 heterocycles. The monoisotopic (exact) mass is 299 g/mol. The molecule has 0 atom stereocenters. The molecule has 0 fully saturated rings. The van der Waals surface area contributed by atoms with Crippen LogP contribution in [0.2, 0.25) is 0 Å². The second-order valence-electron chi connectivity index (χ2n) is 4.13. The van der Waals surface area contributed by atoms with Gasteiger partial charge in [-0.25, -0.2) is 17.5 Å². The number of nitrogens with one attached hydrogen (secondary N) is 1. The molecule has 0 spiro atoms. The third kappa shape index (κ3) is 2.46. The standard InChI is InChI=1S/C12H14FN3O3S/c1-8-11(12(19-3)16(2)14-8)15-20(17,18)10-7-5-4-6-9(10)13/h4-7,15H,1-3H3. The maximum atomic E-state index is 13.6. The van der Waals surface area contributed by atoms with E-state index in [9.17, 15) is 12.8 Å². The van der Waals surface area contributed by atoms with Gasteiger partial charge in [-0.05, 0) is 19.1 Å². The zero-order chi connectivity index (χ0) is 14.9. The first kappa shape index (κ1) is 14.3. The Kier molecular flexibility index (Phi) is 3.67. The number of aromatic nitrogens is 2. The highest BCUT2D eigenvalue weighted by Gasteiger charge is 2.23. The minimum Gasteiger partial charge on any atom is -0.480 e. The van der Waals surface area contributed by atoms with E-state index < -0.39 is 20.7 Å². The SMILES string of the molecule is COc1c(NS(=O)(=O)c2ccccc2F)c(C)nn1C. The van der Waals surface area contributed by atoms with Crippen molar-refractivity contribution < 1.29 is 17.5 Å². The Hall–Kier alpha value is -2.09. The van der Waals surface area contributed by atoms with Crippen molar-refractivity contribution in [3.63, 3.8) is 0 Å². The maximum Gasteiger partial charge on any atom is 0.265 e. The van der Waals surface area contributed by atoms with Crippen molar-refractivity contribution in [3.05, 3.63) is 35.8 Å². The van der Waals surface area contributed by atoms with Crippen molar-refractivity contribution in [2.75, 3.05) is 11.8 Å². The molecular formula is C12H14FN3O3S. The summed E-state index contributed by atoms with van der Waals surface area (Å²) in [4.78, 5) is -0.426. The van der Waals surface area contributed by atoms with E-state index in [2.05, 4.69) is 9.82 Å². The number of rotatable bonds is 4. The number of hydrogen-bond donors (Lipinski definition) is 1. The quantitative estimate of drug-likeness (QED) is 0.932. The van der Waals surface area contributed by atoms with Crippen molar-refractivity contribution in [1.82, 2.24) is 9.78 Å². The molecule has 0 amide bonds. The van der Waals surface area contributed by atoms with Crippen LogP contribution in [0.1, 0.15) is 5.69 Å². The Labute approximate surface area is 116 Å². The van der Waals surface area contributed by atoms with Gasteiger partial charge in [0.25, 0.3) is 10.0 Å². The summed E-state index contributed by atoms with van der Waals surface area (Å²) in [5.74, 6) is -0.567. The predicted molar refractivity (Wildman–Crippen MR) is 71.7 cm³/mol. The number of sulfonamides is 1. The van der Waals surface area contributed by atoms with Crippen LogP contribution in [-0.4, -0.2) is 25.3 Å². The van der Waals surface area contributed by atoms with E-state index in [0.717, 1.165) is 6.07 Å². The van der Waals surface area contributed by atoms with Gasteiger partial charge in [-0.1, -0.05) is 12.1 Å². The molecule has 0 saturated heterocycles. The van der Waals surface area contributed by atoms with Gasteiger partial charge in [-0.2, -0.15) is 5.10 Å². The number of halogens is 1. The lowest BCUT2D eigenvalue weighted by Crippen LogP contribution is -2.15. The van der Waals surface area contributed by atoms with Crippen LogP contribution in [0.3, 0.4) is 0 Å². The molecule has 0 radical (unpaired) electrons. The van der Waals surface area contributed by atoms with E-state index in [1.54, 1.807) is 14.0 Å². The van der Waals surface area contributed by atoms with Crippen molar-refractivity contribution in [3.8, 4) is 5.88 Å². The summed E-state index contributed by atoms with van der Waals surface area (Å²) in [5.41, 5.74) is 0.627. The minimum atomic E-state index is -4.04. The topological polar surface area (TPSA) is 73.2 Å². The Bertz CT molecular complexity index is 740. The molecule has 0 unspecified atom stereocenters. The Balaban J connectivity index is 2.47. The fourth-order valence-corrected chi connectivity index (χ4v) is 3.04. The molecule has 1 N–H and O–H groups in total. The maximum absolute atomic E-state index is 13.6. The highest BCUT2D eigenvalue weighted by Crippen LogP contribution is 2.29. The number of hydrogen-bond acceptors (Lipinski definition) is 4. The van der Waals surface area contributed by atoms with Crippen LogP contribution in [0.25, 0.3) is 0 Å². The van der Waals surface area contributed by atoms with Crippen LogP contribution in [0.15, 0.2) is 29.2 Å². The zero-order valence-corrected chi connectivity index (χ0v) is 12.0. The van der Waals surface area contributed by atoms with E-state index in [4.69, 9.17) is 4.74 Å². The molecule has 2 aromatic rings. The summed E-state index contributed by atoms with van der Waals surface area (Å²) in [5, 5.41) is 4.05. The van der Waals surface area contributed by atoms with Crippen LogP contribution >= 0.6 is 0 Å². The molecule has 0 aliphatic carbocycles. The second kappa shape index (κ2) is 5.12. The highest BCUT2D eigenvalue weighted by atomic mass is 32.2. The van der Waals surface area contributed by atoms with Gasteiger partial charge in [0.2, 0.25) is 5.88 Å². The van der Waals surface area contributed by atoms with Gasteiger partial charge >= 0.3 is 0 Å². The number of ether oxygens (including phenoxy) is 1. The Morgan fingerprint density at radius 2 is 2.00 bits per heavy atom. The Morgan fingerprint density at radius 3 is 2.60 bits per heavy atom. The van der Waals surface area contributed by atoms with E-state index in [1.807, 2.05) is 0 Å². The van der Waals surface area contributed by atoms with Crippen molar-refractivity contribution in [1.29, 1.82) is 0 Å². The molecule has 0 bridgehead atoms. The number of benzene rings is 1. The van der Waals surface area contributed by atoms with Gasteiger partial charge in [-0.15, -0.1) is 0 Å². The Morgan fingerprint density at radius 1 is 1.35 bits per heavy atom. The minimum absolute atomic E-state index is 0.193. The van der Waals surface area contributed by atoms with Crippen LogP contribution in [-0.2, 0) is 17.1 Å². The van der Waals surface area contributed by atoms with E-state index >= 15 is 0 Å². The molecule has 8 heteroatoms. The summed E-state index contributed by atoms with van der Waals surface area (Å²) in [6.07, 6.45) is 0. The summed E-state index contributed by atoms with van der Waals surface area (Å²) in [6, 6.07) is 5.15. The van der Waals surface area contributed by atoms with Gasteiger partial charge < -0.3 is 4.74 Å². The first-order chi connectivity index (χ1) is 9.36. The average molecular weight is 299 g/mol. The molecule has 0 saturated carbocycles. The lowest BCUT2D eigenvalue weighted by atomic mass is 10.3. The molecule has 20 heavy (non-hydrogen) atoms. The number of anilines is 1. The van der Waals surface area contributed by atoms with Gasteiger partial charge in [0.1, 0.15) is 16.4 Å². The van der Waals surface area contributed by atoms with Gasteiger partial charge in [0.15, 0.2) is 0 Å². The molecule has 1 aromatic heterocycles. The molecule has 108 valence electrons. The molecule has 6 nitrogen and oxygen atoms in total. The van der Waals surface area contributed by atoms with Crippen LogP contribution in [0.5, 0.6) is 5.88 Å². The van der Waals surface area contributed by atoms with Crippen LogP contribution in [0.4, 0.5) is 10.1 Å². The van der Waals surface area contributed by atoms with Gasteiger partial charge in [0, 0.05) is 7.05 Å². The van der Waals surface area contributed by atoms with Gasteiger partial charge in [0.05, 0.1) is 12.8 Å². The summed E-state index contributed by atoms with van der Waals surface area (Å²) in [7, 11) is -1.03. The summed E-state index contributed by atoms with van der Waals surface area (Å²) < 4.78 is 46.8. The molecule has 0 aliphatic heterocycles. The summed E-state index contributed by atoms with van der Waals surface area (Å²) >= 11 is 0. The van der Waals surface area contributed by atoms with Crippen molar-refractivity contribution in [2.24, 2.45) is 7.05 Å². The predicted octanol–water partition coefficient (Wildman–Crippen LogP) is 1.68. The van der Waals surface area contributed by atoms with Crippen molar-refractivity contribution in [2.45, 2.75) is 11.8 Å². The zero-order valence-electron chi connectivity index (χ0n) is 11.2. The lowest BCUT2D eigenvalue weighted by Gasteiger charge is -2.09. The van der Waals surface area contributed by atoms with Crippen molar-refractivity contribution >= 4 is 15.7 Å². The summed E-state index contributed by atoms with van der Waals surface area (Å²) in [6.45, 7) is 1.63. The third-order valence-corrected chi connectivity index (χ3v) is 4.11. The van der Waals surface area contributed by atoms with Crippen LogP contribution in [0, 0.1) is 12.7 Å². The smallest absolute Gasteiger partial charge is 0.265 e. The molecule has 2 rings (SSSR count). The first-order valence-corrected chi connectivity index (χ1v) is 7.20. The largest absolute Gasteiger partial charge is 0.480 e. The third-order valence-electron chi connectivity index (χ3n) is 2.73. The second-order valence-corrected chi connectivity index (χ2v) is 5.78. The lowest BCUT2D eigenvalue weighted by molar-refractivity contribution is 0.375. The average Bonchev–Trinajstić information content (AvgIpc) is 2.63. The van der Waals surface area contributed by atoms with Gasteiger partial charge in [-0.3, -0.25) is 4.72 Å². The number of methoxy groups -OCH3 is 1. The normalized spacial score (nSPS) is 11.4. The first-order valence-electron chi connectivity index (χ1n) is 5.71. The van der Waals surface area contributed by atoms with E-state index in [0.29, 0.717) is 5.69 Å².